The summed E-state index contributed by atoms with van der Waals surface area (Å²) in [5, 5.41) is 2.70. The number of methoxy groups -OCH3 is 1. The number of carbonyl (C=O) groups is 1. The van der Waals surface area contributed by atoms with E-state index >= 15 is 0 Å². The Hall–Kier alpha value is -0.810. The molecule has 0 aliphatic carbocycles. The molecule has 1 rings (SSSR count). The molecule has 0 heterocycles. The number of nitrogens with one attached hydrogen (secondary N) is 1. The van der Waals surface area contributed by atoms with Crippen LogP contribution in [-0.2, 0) is 4.79 Å². The summed E-state index contributed by atoms with van der Waals surface area (Å²) in [6, 6.07) is 7.10. The van der Waals surface area contributed by atoms with Crippen molar-refractivity contribution in [2.45, 2.75) is 0 Å². The van der Waals surface area contributed by atoms with Gasteiger partial charge in [-0.05, 0) is 40.2 Å². The Morgan fingerprint density at radius 3 is 2.47 bits per heavy atom. The number of rotatable bonds is 3. The molecule has 0 fully saturated rings. The van der Waals surface area contributed by atoms with Gasteiger partial charge in [0.2, 0.25) is 0 Å². The molecule has 0 atom stereocenters. The van der Waals surface area contributed by atoms with Crippen LogP contribution in [0, 0.1) is 0 Å². The largest absolute Gasteiger partial charge is 0.497 e. The van der Waals surface area contributed by atoms with Crippen LogP contribution in [-0.4, -0.2) is 13.0 Å². The number of ether oxygens (including phenoxy) is 1. The molecular weight excluding hydrogens is 326 g/mol. The lowest BCUT2D eigenvalue weighted by Crippen LogP contribution is -2.10. The molecule has 0 bridgehead atoms. The summed E-state index contributed by atoms with van der Waals surface area (Å²) in [5.74, 6) is 0.542. The van der Waals surface area contributed by atoms with Crippen LogP contribution in [0.15, 0.2) is 33.7 Å². The van der Waals surface area contributed by atoms with Crippen molar-refractivity contribution in [3.05, 3.63) is 33.7 Å². The fourth-order valence-electron chi connectivity index (χ4n) is 0.915. The zero-order valence-corrected chi connectivity index (χ0v) is 11.1. The van der Waals surface area contributed by atoms with Crippen LogP contribution in [0.2, 0.25) is 0 Å². The van der Waals surface area contributed by atoms with E-state index in [1.54, 1.807) is 31.4 Å². The molecular formula is C10H9Br2NO2. The zero-order valence-electron chi connectivity index (χ0n) is 7.96. The maximum atomic E-state index is 11.4. The molecule has 0 saturated heterocycles. The summed E-state index contributed by atoms with van der Waals surface area (Å²) in [5.41, 5.74) is 0.715. The minimum atomic E-state index is -0.211. The van der Waals surface area contributed by atoms with E-state index in [2.05, 4.69) is 37.2 Å². The number of carbonyl (C=O) groups excluding carboxylic acids is 1. The van der Waals surface area contributed by atoms with Gasteiger partial charge < -0.3 is 10.1 Å². The Bertz CT molecular complexity index is 374. The third-order valence-electron chi connectivity index (χ3n) is 1.66. The van der Waals surface area contributed by atoms with Gasteiger partial charge in [-0.3, -0.25) is 4.79 Å². The van der Waals surface area contributed by atoms with Crippen LogP contribution in [0.25, 0.3) is 0 Å². The van der Waals surface area contributed by atoms with E-state index in [0.29, 0.717) is 10.2 Å². The molecule has 0 unspecified atom stereocenters. The minimum absolute atomic E-state index is 0.211. The van der Waals surface area contributed by atoms with Gasteiger partial charge in [-0.2, -0.15) is 0 Å². The SMILES string of the molecule is COc1ccc(NC(=O)C(Br)=CBr)cc1. The van der Waals surface area contributed by atoms with E-state index in [9.17, 15) is 4.79 Å². The first-order valence-electron chi connectivity index (χ1n) is 4.08. The molecule has 0 radical (unpaired) electrons. The van der Waals surface area contributed by atoms with Gasteiger partial charge >= 0.3 is 0 Å². The van der Waals surface area contributed by atoms with Crippen molar-refractivity contribution in [3.63, 3.8) is 0 Å². The van der Waals surface area contributed by atoms with Crippen LogP contribution < -0.4 is 10.1 Å². The minimum Gasteiger partial charge on any atom is -0.497 e. The van der Waals surface area contributed by atoms with Crippen molar-refractivity contribution >= 4 is 43.5 Å². The van der Waals surface area contributed by atoms with Crippen LogP contribution in [0.3, 0.4) is 0 Å². The molecule has 0 aliphatic heterocycles. The van der Waals surface area contributed by atoms with Gasteiger partial charge in [0, 0.05) is 10.7 Å². The molecule has 1 N–H and O–H groups in total. The van der Waals surface area contributed by atoms with Crippen LogP contribution >= 0.6 is 31.9 Å². The molecule has 15 heavy (non-hydrogen) atoms. The first-order chi connectivity index (χ1) is 7.17. The van der Waals surface area contributed by atoms with E-state index in [1.165, 1.54) is 4.99 Å². The average Bonchev–Trinajstić information content (AvgIpc) is 2.29. The lowest BCUT2D eigenvalue weighted by Gasteiger charge is -2.04. The summed E-state index contributed by atoms with van der Waals surface area (Å²) >= 11 is 6.17. The summed E-state index contributed by atoms with van der Waals surface area (Å²) in [6.07, 6.45) is 0. The van der Waals surface area contributed by atoms with Crippen molar-refractivity contribution in [2.75, 3.05) is 12.4 Å². The Kier molecular flexibility index (Phi) is 4.84. The Morgan fingerprint density at radius 1 is 1.40 bits per heavy atom. The molecule has 0 aliphatic rings. The van der Waals surface area contributed by atoms with E-state index in [0.717, 1.165) is 5.75 Å². The van der Waals surface area contributed by atoms with Gasteiger partial charge in [0.15, 0.2) is 0 Å². The number of hydrogen-bond acceptors (Lipinski definition) is 2. The van der Waals surface area contributed by atoms with Crippen molar-refractivity contribution in [1.29, 1.82) is 0 Å². The second-order valence-electron chi connectivity index (χ2n) is 2.64. The lowest BCUT2D eigenvalue weighted by molar-refractivity contribution is -0.112. The Labute approximate surface area is 105 Å². The summed E-state index contributed by atoms with van der Waals surface area (Å²) in [4.78, 5) is 12.9. The maximum absolute atomic E-state index is 11.4. The highest BCUT2D eigenvalue weighted by molar-refractivity contribution is 9.14. The first kappa shape index (κ1) is 12.3. The predicted molar refractivity (Wildman–Crippen MR) is 67.6 cm³/mol. The smallest absolute Gasteiger partial charge is 0.263 e. The third-order valence-corrected chi connectivity index (χ3v) is 3.32. The van der Waals surface area contributed by atoms with Gasteiger partial charge in [-0.1, -0.05) is 15.9 Å². The highest BCUT2D eigenvalue weighted by Gasteiger charge is 2.05. The summed E-state index contributed by atoms with van der Waals surface area (Å²) in [7, 11) is 1.59. The van der Waals surface area contributed by atoms with Crippen molar-refractivity contribution in [2.24, 2.45) is 0 Å². The van der Waals surface area contributed by atoms with Crippen LogP contribution in [0.4, 0.5) is 5.69 Å². The molecule has 80 valence electrons. The third kappa shape index (κ3) is 3.68. The van der Waals surface area contributed by atoms with Gasteiger partial charge in [0.05, 0.1) is 11.6 Å². The molecule has 1 aromatic rings. The van der Waals surface area contributed by atoms with E-state index in [4.69, 9.17) is 4.74 Å². The molecule has 3 nitrogen and oxygen atoms in total. The number of hydrogen-bond donors (Lipinski definition) is 1. The summed E-state index contributed by atoms with van der Waals surface area (Å²) < 4.78 is 5.43. The standard InChI is InChI=1S/C10H9Br2NO2/c1-15-8-4-2-7(3-5-8)13-10(14)9(12)6-11/h2-6H,1H3,(H,13,14). The molecule has 0 aromatic heterocycles. The molecule has 1 aromatic carbocycles. The quantitative estimate of drug-likeness (QED) is 0.861. The van der Waals surface area contributed by atoms with E-state index < -0.39 is 0 Å². The molecule has 0 saturated carbocycles. The maximum Gasteiger partial charge on any atom is 0.263 e. The Morgan fingerprint density at radius 2 is 2.00 bits per heavy atom. The van der Waals surface area contributed by atoms with E-state index in [1.807, 2.05) is 0 Å². The van der Waals surface area contributed by atoms with Crippen LogP contribution in [0.5, 0.6) is 5.75 Å². The first-order valence-corrected chi connectivity index (χ1v) is 5.79. The number of amides is 1. The number of halogens is 2. The molecule has 0 spiro atoms. The highest BCUT2D eigenvalue weighted by atomic mass is 79.9. The average molecular weight is 335 g/mol. The monoisotopic (exact) mass is 333 g/mol. The lowest BCUT2D eigenvalue weighted by atomic mass is 10.3. The second kappa shape index (κ2) is 5.92. The Balaban J connectivity index is 2.69. The highest BCUT2D eigenvalue weighted by Crippen LogP contribution is 2.17. The topological polar surface area (TPSA) is 38.3 Å². The number of benzene rings is 1. The fourth-order valence-corrected chi connectivity index (χ4v) is 1.22. The normalized spacial score (nSPS) is 11.0. The van der Waals surface area contributed by atoms with Crippen molar-refractivity contribution in [3.8, 4) is 5.75 Å². The van der Waals surface area contributed by atoms with Gasteiger partial charge in [0.1, 0.15) is 5.75 Å². The van der Waals surface area contributed by atoms with Gasteiger partial charge in [0.25, 0.3) is 5.91 Å². The van der Waals surface area contributed by atoms with Gasteiger partial charge in [-0.25, -0.2) is 0 Å². The number of anilines is 1. The zero-order chi connectivity index (χ0) is 11.3. The fraction of sp³-hybridized carbons (Fsp3) is 0.100. The van der Waals surface area contributed by atoms with Gasteiger partial charge in [-0.15, -0.1) is 0 Å². The van der Waals surface area contributed by atoms with Crippen molar-refractivity contribution < 1.29 is 9.53 Å². The van der Waals surface area contributed by atoms with E-state index in [-0.39, 0.29) is 5.91 Å². The summed E-state index contributed by atoms with van der Waals surface area (Å²) in [6.45, 7) is 0. The molecule has 5 heteroatoms. The van der Waals surface area contributed by atoms with Crippen molar-refractivity contribution in [1.82, 2.24) is 0 Å². The predicted octanol–water partition coefficient (Wildman–Crippen LogP) is 3.26. The second-order valence-corrected chi connectivity index (χ2v) is 3.95. The molecule has 1 amide bonds. The van der Waals surface area contributed by atoms with Crippen LogP contribution in [0.1, 0.15) is 0 Å².